The second kappa shape index (κ2) is 7.93. The molecule has 8 nitrogen and oxygen atoms in total. The van der Waals surface area contributed by atoms with Crippen molar-refractivity contribution in [2.45, 2.75) is 26.4 Å². The Kier molecular flexibility index (Phi) is 5.92. The van der Waals surface area contributed by atoms with E-state index in [1.165, 1.54) is 24.3 Å². The summed E-state index contributed by atoms with van der Waals surface area (Å²) in [5.74, 6) is -1.28. The Balaban J connectivity index is 2.13. The maximum absolute atomic E-state index is 12.3. The predicted molar refractivity (Wildman–Crippen MR) is 91.6 cm³/mol. The van der Waals surface area contributed by atoms with Gasteiger partial charge in [-0.15, -0.1) is 0 Å². The molecular formula is C16H16N2O6S. The van der Waals surface area contributed by atoms with Crippen LogP contribution in [-0.4, -0.2) is 39.6 Å². The summed E-state index contributed by atoms with van der Waals surface area (Å²) in [6, 6.07) is 5.69. The highest BCUT2D eigenvalue weighted by atomic mass is 32.2. The first-order chi connectivity index (χ1) is 11.8. The number of hydrogen-bond donors (Lipinski definition) is 0. The quantitative estimate of drug-likeness (QED) is 0.330. The van der Waals surface area contributed by atoms with Gasteiger partial charge >= 0.3 is 5.97 Å². The molecule has 1 aromatic rings. The minimum Gasteiger partial charge on any atom is -0.461 e. The van der Waals surface area contributed by atoms with Crippen molar-refractivity contribution in [3.63, 3.8) is 0 Å². The molecule has 1 aromatic carbocycles. The van der Waals surface area contributed by atoms with E-state index in [1.54, 1.807) is 13.0 Å². The van der Waals surface area contributed by atoms with E-state index < -0.39 is 28.6 Å². The standard InChI is InChI=1S/C16H16N2O6S/c1-3-10(2)24-14(19)9-17-15(20)13(25-16(17)21)8-11-5-4-6-12(7-11)18(22)23/h4-8,10H,3,9H2,1-2H3/b13-8+/t10-/m0/s1. The molecular weight excluding hydrogens is 348 g/mol. The number of nitro groups is 1. The van der Waals surface area contributed by atoms with Gasteiger partial charge in [-0.05, 0) is 36.7 Å². The molecule has 1 fully saturated rings. The van der Waals surface area contributed by atoms with E-state index in [9.17, 15) is 24.5 Å². The highest BCUT2D eigenvalue weighted by Gasteiger charge is 2.36. The van der Waals surface area contributed by atoms with E-state index >= 15 is 0 Å². The number of nitrogens with zero attached hydrogens (tertiary/aromatic N) is 2. The fraction of sp³-hybridized carbons (Fsp3) is 0.312. The summed E-state index contributed by atoms with van der Waals surface area (Å²) in [5, 5.41) is 10.2. The van der Waals surface area contributed by atoms with Gasteiger partial charge in [0.05, 0.1) is 15.9 Å². The van der Waals surface area contributed by atoms with Gasteiger partial charge in [0.25, 0.3) is 16.8 Å². The number of ether oxygens (including phenoxy) is 1. The normalized spacial score (nSPS) is 17.0. The van der Waals surface area contributed by atoms with Crippen molar-refractivity contribution in [2.75, 3.05) is 6.54 Å². The van der Waals surface area contributed by atoms with Crippen molar-refractivity contribution in [1.82, 2.24) is 4.90 Å². The molecule has 25 heavy (non-hydrogen) atoms. The molecule has 1 heterocycles. The van der Waals surface area contributed by atoms with Crippen molar-refractivity contribution in [2.24, 2.45) is 0 Å². The van der Waals surface area contributed by atoms with Crippen LogP contribution in [0.15, 0.2) is 29.2 Å². The van der Waals surface area contributed by atoms with E-state index in [0.29, 0.717) is 23.7 Å². The summed E-state index contributed by atoms with van der Waals surface area (Å²) in [6.07, 6.45) is 1.71. The Morgan fingerprint density at radius 2 is 2.16 bits per heavy atom. The summed E-state index contributed by atoms with van der Waals surface area (Å²) >= 11 is 0.678. The lowest BCUT2D eigenvalue weighted by Gasteiger charge is -2.14. The average Bonchev–Trinajstić information content (AvgIpc) is 2.82. The van der Waals surface area contributed by atoms with E-state index in [2.05, 4.69) is 0 Å². The van der Waals surface area contributed by atoms with Gasteiger partial charge in [-0.25, -0.2) is 0 Å². The summed E-state index contributed by atoms with van der Waals surface area (Å²) < 4.78 is 5.06. The number of amides is 2. The Hall–Kier alpha value is -2.68. The number of rotatable bonds is 6. The topological polar surface area (TPSA) is 107 Å². The summed E-state index contributed by atoms with van der Waals surface area (Å²) in [6.45, 7) is 3.11. The van der Waals surface area contributed by atoms with Gasteiger partial charge in [0.15, 0.2) is 0 Å². The van der Waals surface area contributed by atoms with E-state index in [-0.39, 0.29) is 16.7 Å². The van der Waals surface area contributed by atoms with Crippen LogP contribution in [0.2, 0.25) is 0 Å². The second-order valence-electron chi connectivity index (χ2n) is 5.33. The maximum atomic E-state index is 12.3. The highest BCUT2D eigenvalue weighted by molar-refractivity contribution is 8.18. The molecule has 0 radical (unpaired) electrons. The first kappa shape index (κ1) is 18.7. The lowest BCUT2D eigenvalue weighted by Crippen LogP contribution is -2.35. The SMILES string of the molecule is CC[C@H](C)OC(=O)CN1C(=O)S/C(=C/c2cccc([N+](=O)[O-])c2)C1=O. The fourth-order valence-electron chi connectivity index (χ4n) is 1.99. The van der Waals surface area contributed by atoms with Crippen molar-refractivity contribution in [3.8, 4) is 0 Å². The number of thioether (sulfide) groups is 1. The summed E-state index contributed by atoms with van der Waals surface area (Å²) in [4.78, 5) is 47.2. The summed E-state index contributed by atoms with van der Waals surface area (Å²) in [7, 11) is 0. The molecule has 1 saturated heterocycles. The molecule has 0 aliphatic carbocycles. The Morgan fingerprint density at radius 1 is 1.44 bits per heavy atom. The van der Waals surface area contributed by atoms with Crippen LogP contribution >= 0.6 is 11.8 Å². The molecule has 1 aliphatic heterocycles. The van der Waals surface area contributed by atoms with Gasteiger partial charge in [0.1, 0.15) is 6.54 Å². The van der Waals surface area contributed by atoms with Gasteiger partial charge in [-0.1, -0.05) is 19.1 Å². The van der Waals surface area contributed by atoms with E-state index in [4.69, 9.17) is 4.74 Å². The molecule has 9 heteroatoms. The molecule has 0 spiro atoms. The second-order valence-corrected chi connectivity index (χ2v) is 6.32. The van der Waals surface area contributed by atoms with Crippen LogP contribution in [0, 0.1) is 10.1 Å². The fourth-order valence-corrected chi connectivity index (χ4v) is 2.83. The number of carbonyl (C=O) groups excluding carboxylic acids is 3. The molecule has 0 bridgehead atoms. The molecule has 0 saturated carbocycles. The number of non-ortho nitro benzene ring substituents is 1. The predicted octanol–water partition coefficient (Wildman–Crippen LogP) is 2.97. The molecule has 132 valence electrons. The number of benzene rings is 1. The zero-order valence-electron chi connectivity index (χ0n) is 13.6. The van der Waals surface area contributed by atoms with Crippen LogP contribution in [0.5, 0.6) is 0 Å². The summed E-state index contributed by atoms with van der Waals surface area (Å²) in [5.41, 5.74) is 0.298. The minimum absolute atomic E-state index is 0.0989. The zero-order chi connectivity index (χ0) is 18.6. The first-order valence-corrected chi connectivity index (χ1v) is 8.32. The number of nitro benzene ring substituents is 1. The zero-order valence-corrected chi connectivity index (χ0v) is 14.4. The van der Waals surface area contributed by atoms with Gasteiger partial charge < -0.3 is 4.74 Å². The van der Waals surface area contributed by atoms with Crippen LogP contribution in [-0.2, 0) is 14.3 Å². The molecule has 0 unspecified atom stereocenters. The highest BCUT2D eigenvalue weighted by Crippen LogP contribution is 2.32. The lowest BCUT2D eigenvalue weighted by atomic mass is 10.2. The average molecular weight is 364 g/mol. The Morgan fingerprint density at radius 3 is 2.80 bits per heavy atom. The van der Waals surface area contributed by atoms with Crippen molar-refractivity contribution in [3.05, 3.63) is 44.8 Å². The van der Waals surface area contributed by atoms with Crippen LogP contribution < -0.4 is 0 Å². The van der Waals surface area contributed by atoms with Gasteiger partial charge in [0, 0.05) is 12.1 Å². The van der Waals surface area contributed by atoms with Crippen LogP contribution in [0.1, 0.15) is 25.8 Å². The van der Waals surface area contributed by atoms with Crippen LogP contribution in [0.3, 0.4) is 0 Å². The monoisotopic (exact) mass is 364 g/mol. The van der Waals surface area contributed by atoms with Crippen LogP contribution in [0.25, 0.3) is 6.08 Å². The third kappa shape index (κ3) is 4.66. The molecule has 2 rings (SSSR count). The third-order valence-electron chi connectivity index (χ3n) is 3.45. The molecule has 1 aliphatic rings. The third-order valence-corrected chi connectivity index (χ3v) is 4.35. The minimum atomic E-state index is -0.659. The van der Waals surface area contributed by atoms with E-state index in [0.717, 1.165) is 4.90 Å². The molecule has 0 N–H and O–H groups in total. The Bertz CT molecular complexity index is 761. The Labute approximate surface area is 148 Å². The maximum Gasteiger partial charge on any atom is 0.326 e. The van der Waals surface area contributed by atoms with Crippen LogP contribution in [0.4, 0.5) is 10.5 Å². The van der Waals surface area contributed by atoms with Crippen molar-refractivity contribution < 1.29 is 24.0 Å². The van der Waals surface area contributed by atoms with Gasteiger partial charge in [0.2, 0.25) is 0 Å². The number of hydrogen-bond acceptors (Lipinski definition) is 7. The van der Waals surface area contributed by atoms with Crippen molar-refractivity contribution >= 4 is 40.6 Å². The number of carbonyl (C=O) groups is 3. The first-order valence-electron chi connectivity index (χ1n) is 7.51. The molecule has 2 amide bonds. The molecule has 0 aromatic heterocycles. The molecule has 1 atom stereocenters. The van der Waals surface area contributed by atoms with Gasteiger partial charge in [-0.3, -0.25) is 29.4 Å². The smallest absolute Gasteiger partial charge is 0.326 e. The van der Waals surface area contributed by atoms with Crippen molar-refractivity contribution in [1.29, 1.82) is 0 Å². The van der Waals surface area contributed by atoms with E-state index in [1.807, 2.05) is 6.92 Å². The number of esters is 1. The number of imide groups is 1. The largest absolute Gasteiger partial charge is 0.461 e. The lowest BCUT2D eigenvalue weighted by molar-refractivity contribution is -0.384. The van der Waals surface area contributed by atoms with Gasteiger partial charge in [-0.2, -0.15) is 0 Å².